The van der Waals surface area contributed by atoms with Crippen LogP contribution in [0.3, 0.4) is 0 Å². The molecule has 4 heteroatoms. The highest BCUT2D eigenvalue weighted by atomic mass is 19.1. The van der Waals surface area contributed by atoms with E-state index in [0.29, 0.717) is 13.1 Å². The summed E-state index contributed by atoms with van der Waals surface area (Å²) in [7, 11) is 1.84. The maximum Gasteiger partial charge on any atom is 0.234 e. The van der Waals surface area contributed by atoms with E-state index in [9.17, 15) is 9.18 Å². The molecule has 1 aromatic carbocycles. The molecule has 1 amide bonds. The van der Waals surface area contributed by atoms with E-state index in [0.717, 1.165) is 5.56 Å². The molecule has 0 atom stereocenters. The number of carbonyl (C=O) groups is 1. The number of likely N-dealkylation sites (N-methyl/N-ethyl adjacent to an activating group) is 1. The number of rotatable bonds is 4. The van der Waals surface area contributed by atoms with Crippen LogP contribution in [-0.2, 0) is 11.3 Å². The van der Waals surface area contributed by atoms with Gasteiger partial charge in [0.1, 0.15) is 5.82 Å². The van der Waals surface area contributed by atoms with Crippen molar-refractivity contribution in [1.29, 1.82) is 0 Å². The van der Waals surface area contributed by atoms with Crippen LogP contribution >= 0.6 is 0 Å². The van der Waals surface area contributed by atoms with Crippen LogP contribution < -0.4 is 5.32 Å². The van der Waals surface area contributed by atoms with Crippen LogP contribution in [0.2, 0.25) is 0 Å². The van der Waals surface area contributed by atoms with Gasteiger partial charge in [-0.3, -0.25) is 9.69 Å². The second-order valence-electron chi connectivity index (χ2n) is 5.60. The number of benzene rings is 1. The number of amides is 1. The molecule has 0 aliphatic carbocycles. The van der Waals surface area contributed by atoms with Crippen molar-refractivity contribution in [2.45, 2.75) is 32.9 Å². The van der Waals surface area contributed by atoms with Gasteiger partial charge in [-0.25, -0.2) is 4.39 Å². The molecular weight excluding hydrogens is 231 g/mol. The van der Waals surface area contributed by atoms with E-state index in [-0.39, 0.29) is 17.3 Å². The molecule has 0 aliphatic rings. The van der Waals surface area contributed by atoms with Crippen molar-refractivity contribution >= 4 is 5.91 Å². The Morgan fingerprint density at radius 1 is 1.39 bits per heavy atom. The summed E-state index contributed by atoms with van der Waals surface area (Å²) in [6, 6.07) is 6.42. The van der Waals surface area contributed by atoms with Gasteiger partial charge in [-0.15, -0.1) is 0 Å². The Hall–Kier alpha value is -1.42. The van der Waals surface area contributed by atoms with Crippen molar-refractivity contribution < 1.29 is 9.18 Å². The molecule has 0 saturated carbocycles. The number of nitrogens with zero attached hydrogens (tertiary/aromatic N) is 1. The number of halogens is 1. The highest BCUT2D eigenvalue weighted by Gasteiger charge is 2.15. The van der Waals surface area contributed by atoms with E-state index >= 15 is 0 Å². The Morgan fingerprint density at radius 3 is 2.61 bits per heavy atom. The van der Waals surface area contributed by atoms with Crippen LogP contribution in [-0.4, -0.2) is 29.9 Å². The zero-order valence-corrected chi connectivity index (χ0v) is 11.5. The summed E-state index contributed by atoms with van der Waals surface area (Å²) in [5, 5.41) is 2.89. The number of hydrogen-bond donors (Lipinski definition) is 1. The zero-order chi connectivity index (χ0) is 13.8. The molecular formula is C14H21FN2O. The predicted molar refractivity (Wildman–Crippen MR) is 70.6 cm³/mol. The van der Waals surface area contributed by atoms with Crippen molar-refractivity contribution in [3.05, 3.63) is 35.6 Å². The molecule has 0 unspecified atom stereocenters. The van der Waals surface area contributed by atoms with E-state index in [1.54, 1.807) is 6.07 Å². The van der Waals surface area contributed by atoms with Crippen molar-refractivity contribution in [3.8, 4) is 0 Å². The third kappa shape index (κ3) is 5.77. The van der Waals surface area contributed by atoms with Crippen molar-refractivity contribution in [3.63, 3.8) is 0 Å². The van der Waals surface area contributed by atoms with Gasteiger partial charge in [0.25, 0.3) is 0 Å². The minimum Gasteiger partial charge on any atom is -0.350 e. The Labute approximate surface area is 108 Å². The van der Waals surface area contributed by atoms with Gasteiger partial charge in [0, 0.05) is 12.1 Å². The summed E-state index contributed by atoms with van der Waals surface area (Å²) in [6.45, 7) is 6.68. The Bertz CT molecular complexity index is 413. The fraction of sp³-hybridized carbons (Fsp3) is 0.500. The van der Waals surface area contributed by atoms with E-state index in [4.69, 9.17) is 0 Å². The fourth-order valence-electron chi connectivity index (χ4n) is 1.71. The lowest BCUT2D eigenvalue weighted by molar-refractivity contribution is -0.123. The molecule has 0 saturated heterocycles. The third-order valence-electron chi connectivity index (χ3n) is 2.27. The van der Waals surface area contributed by atoms with E-state index in [2.05, 4.69) is 5.32 Å². The summed E-state index contributed by atoms with van der Waals surface area (Å²) in [5.74, 6) is -0.276. The summed E-state index contributed by atoms with van der Waals surface area (Å²) in [5.41, 5.74) is 0.637. The largest absolute Gasteiger partial charge is 0.350 e. The molecule has 0 aliphatic heterocycles. The van der Waals surface area contributed by atoms with Gasteiger partial charge in [0.15, 0.2) is 0 Å². The summed E-state index contributed by atoms with van der Waals surface area (Å²) < 4.78 is 13.0. The van der Waals surface area contributed by atoms with Gasteiger partial charge >= 0.3 is 0 Å². The average molecular weight is 252 g/mol. The lowest BCUT2D eigenvalue weighted by Crippen LogP contribution is -2.45. The molecule has 1 rings (SSSR count). The first-order chi connectivity index (χ1) is 8.26. The summed E-state index contributed by atoms with van der Waals surface area (Å²) in [4.78, 5) is 13.6. The van der Waals surface area contributed by atoms with Crippen molar-refractivity contribution in [2.24, 2.45) is 0 Å². The van der Waals surface area contributed by atoms with Gasteiger partial charge in [-0.1, -0.05) is 12.1 Å². The molecule has 3 nitrogen and oxygen atoms in total. The molecule has 1 aromatic rings. The molecule has 18 heavy (non-hydrogen) atoms. The monoisotopic (exact) mass is 252 g/mol. The molecule has 0 radical (unpaired) electrons. The molecule has 1 N–H and O–H groups in total. The molecule has 0 bridgehead atoms. The molecule has 0 fully saturated rings. The minimum atomic E-state index is -0.250. The lowest BCUT2D eigenvalue weighted by atomic mass is 10.1. The van der Waals surface area contributed by atoms with E-state index in [1.165, 1.54) is 12.1 Å². The highest BCUT2D eigenvalue weighted by molar-refractivity contribution is 5.78. The highest BCUT2D eigenvalue weighted by Crippen LogP contribution is 2.06. The van der Waals surface area contributed by atoms with E-state index < -0.39 is 0 Å². The lowest BCUT2D eigenvalue weighted by Gasteiger charge is -2.23. The van der Waals surface area contributed by atoms with Gasteiger partial charge in [0.2, 0.25) is 5.91 Å². The molecule has 0 aromatic heterocycles. The van der Waals surface area contributed by atoms with Gasteiger partial charge in [-0.05, 0) is 45.5 Å². The standard InChI is InChI=1S/C14H21FN2O/c1-14(2,3)16-13(18)10-17(4)9-11-6-5-7-12(15)8-11/h5-8H,9-10H2,1-4H3,(H,16,18). The summed E-state index contributed by atoms with van der Waals surface area (Å²) >= 11 is 0. The normalized spacial score (nSPS) is 11.7. The first kappa shape index (κ1) is 14.6. The van der Waals surface area contributed by atoms with Crippen LogP contribution in [0.15, 0.2) is 24.3 Å². The predicted octanol–water partition coefficient (Wildman–Crippen LogP) is 2.17. The fourth-order valence-corrected chi connectivity index (χ4v) is 1.71. The Balaban J connectivity index is 2.47. The number of hydrogen-bond acceptors (Lipinski definition) is 2. The van der Waals surface area contributed by atoms with Gasteiger partial charge < -0.3 is 5.32 Å². The second-order valence-corrected chi connectivity index (χ2v) is 5.60. The third-order valence-corrected chi connectivity index (χ3v) is 2.27. The van der Waals surface area contributed by atoms with Crippen LogP contribution in [0.4, 0.5) is 4.39 Å². The van der Waals surface area contributed by atoms with Crippen LogP contribution in [0.5, 0.6) is 0 Å². The molecule has 100 valence electrons. The zero-order valence-electron chi connectivity index (χ0n) is 11.5. The van der Waals surface area contributed by atoms with Crippen LogP contribution in [0, 0.1) is 5.82 Å². The Kier molecular flexibility index (Phi) is 4.84. The van der Waals surface area contributed by atoms with Crippen LogP contribution in [0.1, 0.15) is 26.3 Å². The smallest absolute Gasteiger partial charge is 0.234 e. The first-order valence-electron chi connectivity index (χ1n) is 6.00. The van der Waals surface area contributed by atoms with Crippen molar-refractivity contribution in [2.75, 3.05) is 13.6 Å². The minimum absolute atomic E-state index is 0.0265. The van der Waals surface area contributed by atoms with Gasteiger partial charge in [-0.2, -0.15) is 0 Å². The molecule has 0 heterocycles. The average Bonchev–Trinajstić information content (AvgIpc) is 2.13. The second kappa shape index (κ2) is 5.96. The number of carbonyl (C=O) groups excluding carboxylic acids is 1. The van der Waals surface area contributed by atoms with Crippen molar-refractivity contribution in [1.82, 2.24) is 10.2 Å². The quantitative estimate of drug-likeness (QED) is 0.890. The van der Waals surface area contributed by atoms with E-state index in [1.807, 2.05) is 38.8 Å². The van der Waals surface area contributed by atoms with Crippen LogP contribution in [0.25, 0.3) is 0 Å². The maximum atomic E-state index is 13.0. The topological polar surface area (TPSA) is 32.3 Å². The maximum absolute atomic E-state index is 13.0. The SMILES string of the molecule is CN(CC(=O)NC(C)(C)C)Cc1cccc(F)c1. The number of nitrogens with one attached hydrogen (secondary N) is 1. The summed E-state index contributed by atoms with van der Waals surface area (Å²) in [6.07, 6.45) is 0. The molecule has 0 spiro atoms. The Morgan fingerprint density at radius 2 is 2.06 bits per heavy atom. The first-order valence-corrected chi connectivity index (χ1v) is 6.00. The van der Waals surface area contributed by atoms with Gasteiger partial charge in [0.05, 0.1) is 6.54 Å².